The molecule has 5 nitrogen and oxygen atoms in total. The average molecular weight is 418 g/mol. The van der Waals surface area contributed by atoms with Gasteiger partial charge >= 0.3 is 11.9 Å². The van der Waals surface area contributed by atoms with Gasteiger partial charge in [0.1, 0.15) is 0 Å². The predicted octanol–water partition coefficient (Wildman–Crippen LogP) is 5.32. The summed E-state index contributed by atoms with van der Waals surface area (Å²) in [4.78, 5) is 31.0. The average Bonchev–Trinajstić information content (AvgIpc) is 2.77. The first kappa shape index (κ1) is 22.2. The Kier molecular flexibility index (Phi) is 7.19. The molecule has 5 heteroatoms. The summed E-state index contributed by atoms with van der Waals surface area (Å²) >= 11 is 0. The van der Waals surface area contributed by atoms with Crippen LogP contribution >= 0.6 is 0 Å². The summed E-state index contributed by atoms with van der Waals surface area (Å²) in [7, 11) is 0. The highest BCUT2D eigenvalue weighted by Gasteiger charge is 2.39. The first-order valence-electron chi connectivity index (χ1n) is 10.4. The molecule has 1 aliphatic carbocycles. The van der Waals surface area contributed by atoms with Crippen molar-refractivity contribution in [1.82, 2.24) is 0 Å². The minimum atomic E-state index is -0.589. The molecule has 2 aromatic rings. The number of hydrogen-bond donors (Lipinski definition) is 0. The van der Waals surface area contributed by atoms with Crippen LogP contribution in [0.5, 0.6) is 0 Å². The molecule has 0 aromatic heterocycles. The lowest BCUT2D eigenvalue weighted by Crippen LogP contribution is -2.30. The standard InChI is InChI=1S/C26H27NO4/c1-5-30-25(28)21-17(3)24(27-20-15-11-8-12-16-20)18(4)22(26(29)31-6-2)23(21)19-13-9-7-10-14-19/h7-16,23H,5-6H2,1-4H3. The maximum Gasteiger partial charge on any atom is 0.335 e. The second kappa shape index (κ2) is 10.0. The van der Waals surface area contributed by atoms with E-state index >= 15 is 0 Å². The van der Waals surface area contributed by atoms with E-state index < -0.39 is 17.9 Å². The maximum atomic E-state index is 13.1. The molecule has 0 atom stereocenters. The largest absolute Gasteiger partial charge is 0.463 e. The molecule has 0 saturated heterocycles. The molecule has 0 aliphatic heterocycles. The number of carbonyl (C=O) groups is 2. The second-order valence-corrected chi connectivity index (χ2v) is 7.16. The van der Waals surface area contributed by atoms with Gasteiger partial charge in [0.25, 0.3) is 0 Å². The van der Waals surface area contributed by atoms with Gasteiger partial charge in [-0.05, 0) is 56.5 Å². The number of carbonyl (C=O) groups excluding carboxylic acids is 2. The molecule has 3 rings (SSSR count). The van der Waals surface area contributed by atoms with Crippen LogP contribution in [0.1, 0.15) is 39.2 Å². The van der Waals surface area contributed by atoms with Crippen LogP contribution in [0.4, 0.5) is 5.69 Å². The van der Waals surface area contributed by atoms with E-state index in [-0.39, 0.29) is 13.2 Å². The highest BCUT2D eigenvalue weighted by atomic mass is 16.5. The van der Waals surface area contributed by atoms with Crippen LogP contribution in [0, 0.1) is 0 Å². The Bertz CT molecular complexity index is 1010. The summed E-state index contributed by atoms with van der Waals surface area (Å²) in [5.41, 5.74) is 4.37. The van der Waals surface area contributed by atoms with Crippen LogP contribution in [-0.4, -0.2) is 30.9 Å². The molecule has 0 radical (unpaired) electrons. The van der Waals surface area contributed by atoms with Crippen molar-refractivity contribution in [2.75, 3.05) is 13.2 Å². The lowest BCUT2D eigenvalue weighted by Gasteiger charge is -2.30. The fourth-order valence-electron chi connectivity index (χ4n) is 3.85. The second-order valence-electron chi connectivity index (χ2n) is 7.16. The van der Waals surface area contributed by atoms with E-state index in [1.165, 1.54) is 0 Å². The van der Waals surface area contributed by atoms with Crippen LogP contribution in [-0.2, 0) is 19.1 Å². The molecule has 0 amide bonds. The van der Waals surface area contributed by atoms with Crippen molar-refractivity contribution in [2.45, 2.75) is 33.6 Å². The third-order valence-electron chi connectivity index (χ3n) is 5.22. The molecule has 0 heterocycles. The topological polar surface area (TPSA) is 65.0 Å². The van der Waals surface area contributed by atoms with E-state index in [9.17, 15) is 9.59 Å². The van der Waals surface area contributed by atoms with Crippen molar-refractivity contribution in [3.8, 4) is 0 Å². The van der Waals surface area contributed by atoms with E-state index in [2.05, 4.69) is 0 Å². The number of aliphatic imine (C=N–C) groups is 1. The summed E-state index contributed by atoms with van der Waals surface area (Å²) in [5.74, 6) is -1.50. The quantitative estimate of drug-likeness (QED) is 0.597. The van der Waals surface area contributed by atoms with Crippen LogP contribution in [0.3, 0.4) is 0 Å². The molecule has 0 unspecified atom stereocenters. The van der Waals surface area contributed by atoms with Gasteiger partial charge in [-0.2, -0.15) is 0 Å². The molecule has 0 bridgehead atoms. The number of hydrogen-bond acceptors (Lipinski definition) is 5. The number of benzene rings is 2. The molecule has 0 spiro atoms. The van der Waals surface area contributed by atoms with E-state index in [4.69, 9.17) is 14.5 Å². The molecule has 0 N–H and O–H groups in total. The number of allylic oxidation sites excluding steroid dienone is 2. The molecular weight excluding hydrogens is 390 g/mol. The minimum absolute atomic E-state index is 0.236. The van der Waals surface area contributed by atoms with Crippen molar-refractivity contribution in [3.05, 3.63) is 88.5 Å². The Hall–Kier alpha value is -3.47. The van der Waals surface area contributed by atoms with E-state index in [0.29, 0.717) is 28.0 Å². The number of esters is 2. The van der Waals surface area contributed by atoms with Gasteiger partial charge in [-0.1, -0.05) is 48.5 Å². The van der Waals surface area contributed by atoms with Gasteiger partial charge in [-0.25, -0.2) is 14.6 Å². The van der Waals surface area contributed by atoms with Gasteiger partial charge in [-0.3, -0.25) is 0 Å². The Morgan fingerprint density at radius 2 is 1.23 bits per heavy atom. The van der Waals surface area contributed by atoms with Crippen molar-refractivity contribution in [2.24, 2.45) is 4.99 Å². The summed E-state index contributed by atoms with van der Waals surface area (Å²) in [6.07, 6.45) is 0. The van der Waals surface area contributed by atoms with E-state index in [1.54, 1.807) is 13.8 Å². The highest BCUT2D eigenvalue weighted by Crippen LogP contribution is 2.42. The Morgan fingerprint density at radius 1 is 0.774 bits per heavy atom. The van der Waals surface area contributed by atoms with Gasteiger partial charge in [0.15, 0.2) is 0 Å². The Balaban J connectivity index is 2.31. The number of nitrogens with zero attached hydrogens (tertiary/aromatic N) is 1. The van der Waals surface area contributed by atoms with Crippen molar-refractivity contribution < 1.29 is 19.1 Å². The molecule has 1 aliphatic rings. The normalized spacial score (nSPS) is 16.3. The predicted molar refractivity (Wildman–Crippen MR) is 121 cm³/mol. The first-order chi connectivity index (χ1) is 15.0. The number of rotatable bonds is 6. The van der Waals surface area contributed by atoms with Gasteiger partial charge < -0.3 is 9.47 Å². The van der Waals surface area contributed by atoms with E-state index in [1.807, 2.05) is 74.5 Å². The Labute approximate surface area is 183 Å². The van der Waals surface area contributed by atoms with Gasteiger partial charge in [0.05, 0.1) is 35.8 Å². The third-order valence-corrected chi connectivity index (χ3v) is 5.22. The lowest BCUT2D eigenvalue weighted by atomic mass is 9.74. The van der Waals surface area contributed by atoms with Crippen molar-refractivity contribution in [3.63, 3.8) is 0 Å². The first-order valence-corrected chi connectivity index (χ1v) is 10.4. The van der Waals surface area contributed by atoms with Crippen LogP contribution in [0.25, 0.3) is 0 Å². The molecule has 0 fully saturated rings. The molecule has 2 aromatic carbocycles. The van der Waals surface area contributed by atoms with Crippen LogP contribution in [0.15, 0.2) is 87.9 Å². The monoisotopic (exact) mass is 417 g/mol. The fraction of sp³-hybridized carbons (Fsp3) is 0.269. The van der Waals surface area contributed by atoms with E-state index in [0.717, 1.165) is 11.3 Å². The maximum absolute atomic E-state index is 13.1. The fourth-order valence-corrected chi connectivity index (χ4v) is 3.85. The SMILES string of the molecule is CCOC(=O)C1=C(C)C(=Nc2ccccc2)C(C)=C(C(=O)OCC)C1c1ccccc1. The molecular formula is C26H27NO4. The van der Waals surface area contributed by atoms with Crippen LogP contribution < -0.4 is 0 Å². The smallest absolute Gasteiger partial charge is 0.335 e. The summed E-state index contributed by atoms with van der Waals surface area (Å²) in [6, 6.07) is 18.9. The highest BCUT2D eigenvalue weighted by molar-refractivity contribution is 6.22. The summed E-state index contributed by atoms with van der Waals surface area (Å²) < 4.78 is 10.8. The Morgan fingerprint density at radius 3 is 1.68 bits per heavy atom. The van der Waals surface area contributed by atoms with Crippen LogP contribution in [0.2, 0.25) is 0 Å². The van der Waals surface area contributed by atoms with Gasteiger partial charge in [0.2, 0.25) is 0 Å². The molecule has 31 heavy (non-hydrogen) atoms. The minimum Gasteiger partial charge on any atom is -0.463 e. The van der Waals surface area contributed by atoms with Crippen molar-refractivity contribution >= 4 is 23.3 Å². The lowest BCUT2D eigenvalue weighted by molar-refractivity contribution is -0.139. The van der Waals surface area contributed by atoms with Crippen molar-refractivity contribution in [1.29, 1.82) is 0 Å². The van der Waals surface area contributed by atoms with Gasteiger partial charge in [0, 0.05) is 5.92 Å². The van der Waals surface area contributed by atoms with Gasteiger partial charge in [-0.15, -0.1) is 0 Å². The summed E-state index contributed by atoms with van der Waals surface area (Å²) in [5, 5.41) is 0. The molecule has 0 saturated carbocycles. The number of para-hydroxylation sites is 1. The number of ether oxygens (including phenoxy) is 2. The summed E-state index contributed by atoms with van der Waals surface area (Å²) in [6.45, 7) is 7.71. The zero-order valence-electron chi connectivity index (χ0n) is 18.3. The third kappa shape index (κ3) is 4.66. The zero-order valence-corrected chi connectivity index (χ0v) is 18.3. The zero-order chi connectivity index (χ0) is 22.4. The molecule has 160 valence electrons.